The van der Waals surface area contributed by atoms with Gasteiger partial charge in [-0.2, -0.15) is 0 Å². The van der Waals surface area contributed by atoms with Crippen LogP contribution in [0.1, 0.15) is 52.3 Å². The second kappa shape index (κ2) is 6.70. The molecule has 1 aromatic heterocycles. The van der Waals surface area contributed by atoms with Crippen molar-refractivity contribution in [2.24, 2.45) is 0 Å². The van der Waals surface area contributed by atoms with Gasteiger partial charge in [-0.1, -0.05) is 12.1 Å². The highest BCUT2D eigenvalue weighted by Gasteiger charge is 2.34. The fourth-order valence-corrected chi connectivity index (χ4v) is 2.76. The first kappa shape index (κ1) is 16.0. The Kier molecular flexibility index (Phi) is 4.46. The van der Waals surface area contributed by atoms with Gasteiger partial charge in [0.05, 0.1) is 23.4 Å². The summed E-state index contributed by atoms with van der Waals surface area (Å²) in [7, 11) is 0. The first-order valence-corrected chi connectivity index (χ1v) is 7.86. The van der Waals surface area contributed by atoms with Crippen LogP contribution in [0, 0.1) is 0 Å². The Bertz CT molecular complexity index is 732. The zero-order valence-corrected chi connectivity index (χ0v) is 13.3. The minimum Gasteiger partial charge on any atom is -0.467 e. The highest BCUT2D eigenvalue weighted by atomic mass is 16.3. The average Bonchev–Trinajstić information content (AvgIpc) is 3.19. The SMILES string of the molecule is C[C@@H](NC(=O)CCCN1C(=O)c2ccccc2C1=O)c1ccco1. The second-order valence-electron chi connectivity index (χ2n) is 5.72. The van der Waals surface area contributed by atoms with Gasteiger partial charge in [0.2, 0.25) is 5.91 Å². The van der Waals surface area contributed by atoms with Gasteiger partial charge in [-0.05, 0) is 37.6 Å². The molecule has 1 aliphatic heterocycles. The Morgan fingerprint density at radius 3 is 2.38 bits per heavy atom. The lowest BCUT2D eigenvalue weighted by atomic mass is 10.1. The molecule has 0 bridgehead atoms. The minimum absolute atomic E-state index is 0.143. The van der Waals surface area contributed by atoms with Crippen molar-refractivity contribution in [3.63, 3.8) is 0 Å². The van der Waals surface area contributed by atoms with E-state index in [4.69, 9.17) is 4.42 Å². The summed E-state index contributed by atoms with van der Waals surface area (Å²) in [6, 6.07) is 10.1. The van der Waals surface area contributed by atoms with Gasteiger partial charge in [-0.3, -0.25) is 19.3 Å². The average molecular weight is 326 g/mol. The molecule has 1 N–H and O–H groups in total. The smallest absolute Gasteiger partial charge is 0.261 e. The molecule has 0 unspecified atom stereocenters. The molecule has 124 valence electrons. The number of nitrogens with one attached hydrogen (secondary N) is 1. The van der Waals surface area contributed by atoms with Gasteiger partial charge in [0.1, 0.15) is 5.76 Å². The first-order chi connectivity index (χ1) is 11.6. The third-order valence-electron chi connectivity index (χ3n) is 4.01. The molecule has 1 aromatic carbocycles. The lowest BCUT2D eigenvalue weighted by molar-refractivity contribution is -0.122. The van der Waals surface area contributed by atoms with Crippen molar-refractivity contribution in [1.29, 1.82) is 0 Å². The molecule has 0 spiro atoms. The van der Waals surface area contributed by atoms with Crippen LogP contribution >= 0.6 is 0 Å². The molecule has 2 heterocycles. The molecule has 1 atom stereocenters. The van der Waals surface area contributed by atoms with E-state index < -0.39 is 0 Å². The molecule has 2 aromatic rings. The van der Waals surface area contributed by atoms with E-state index in [0.29, 0.717) is 23.3 Å². The molecule has 1 aliphatic rings. The van der Waals surface area contributed by atoms with Crippen molar-refractivity contribution >= 4 is 17.7 Å². The molecule has 0 aliphatic carbocycles. The number of nitrogens with zero attached hydrogens (tertiary/aromatic N) is 1. The van der Waals surface area contributed by atoms with Crippen LogP contribution in [0.25, 0.3) is 0 Å². The summed E-state index contributed by atoms with van der Waals surface area (Å²) in [5, 5.41) is 2.83. The number of hydrogen-bond donors (Lipinski definition) is 1. The number of fused-ring (bicyclic) bond motifs is 1. The van der Waals surface area contributed by atoms with Gasteiger partial charge < -0.3 is 9.73 Å². The number of imide groups is 1. The third-order valence-corrected chi connectivity index (χ3v) is 4.01. The number of benzene rings is 1. The number of hydrogen-bond acceptors (Lipinski definition) is 4. The molecule has 6 nitrogen and oxygen atoms in total. The third kappa shape index (κ3) is 3.08. The molecule has 3 amide bonds. The summed E-state index contributed by atoms with van der Waals surface area (Å²) in [6.07, 6.45) is 2.21. The molecule has 3 rings (SSSR count). The molecule has 0 radical (unpaired) electrons. The Hall–Kier alpha value is -2.89. The maximum absolute atomic E-state index is 12.2. The maximum Gasteiger partial charge on any atom is 0.261 e. The van der Waals surface area contributed by atoms with Crippen LogP contribution in [0.3, 0.4) is 0 Å². The molecule has 24 heavy (non-hydrogen) atoms. The summed E-state index contributed by atoms with van der Waals surface area (Å²) < 4.78 is 5.23. The molecular weight excluding hydrogens is 308 g/mol. The number of carbonyl (C=O) groups excluding carboxylic acids is 3. The Morgan fingerprint density at radius 1 is 1.12 bits per heavy atom. The number of carbonyl (C=O) groups is 3. The number of amides is 3. The quantitative estimate of drug-likeness (QED) is 0.827. The zero-order valence-electron chi connectivity index (χ0n) is 13.3. The summed E-state index contributed by atoms with van der Waals surface area (Å²) in [6.45, 7) is 2.07. The van der Waals surface area contributed by atoms with Gasteiger partial charge in [-0.25, -0.2) is 0 Å². The molecule has 0 fully saturated rings. The van der Waals surface area contributed by atoms with Crippen molar-refractivity contribution in [2.45, 2.75) is 25.8 Å². The lowest BCUT2D eigenvalue weighted by Gasteiger charge is -2.14. The first-order valence-electron chi connectivity index (χ1n) is 7.86. The summed E-state index contributed by atoms with van der Waals surface area (Å²) in [5.41, 5.74) is 0.858. The van der Waals surface area contributed by atoms with Crippen molar-refractivity contribution in [3.8, 4) is 0 Å². The number of rotatable bonds is 6. The highest BCUT2D eigenvalue weighted by molar-refractivity contribution is 6.21. The van der Waals surface area contributed by atoms with Crippen LogP contribution in [0.2, 0.25) is 0 Å². The summed E-state index contributed by atoms with van der Waals surface area (Å²) >= 11 is 0. The van der Waals surface area contributed by atoms with Crippen LogP contribution in [-0.2, 0) is 4.79 Å². The van der Waals surface area contributed by atoms with Crippen LogP contribution in [-0.4, -0.2) is 29.2 Å². The van der Waals surface area contributed by atoms with Gasteiger partial charge in [0, 0.05) is 13.0 Å². The van der Waals surface area contributed by atoms with E-state index in [1.54, 1.807) is 42.7 Å². The largest absolute Gasteiger partial charge is 0.467 e. The normalized spacial score (nSPS) is 14.6. The van der Waals surface area contributed by atoms with E-state index in [1.165, 1.54) is 4.90 Å². The van der Waals surface area contributed by atoms with E-state index in [-0.39, 0.29) is 36.7 Å². The fourth-order valence-electron chi connectivity index (χ4n) is 2.76. The van der Waals surface area contributed by atoms with Gasteiger partial charge in [0.15, 0.2) is 0 Å². The van der Waals surface area contributed by atoms with E-state index in [2.05, 4.69) is 5.32 Å². The monoisotopic (exact) mass is 326 g/mol. The highest BCUT2D eigenvalue weighted by Crippen LogP contribution is 2.22. The van der Waals surface area contributed by atoms with E-state index >= 15 is 0 Å². The summed E-state index contributed by atoms with van der Waals surface area (Å²) in [4.78, 5) is 37.6. The predicted octanol–water partition coefficient (Wildman–Crippen LogP) is 2.53. The minimum atomic E-state index is -0.292. The Morgan fingerprint density at radius 2 is 1.79 bits per heavy atom. The van der Waals surface area contributed by atoms with Gasteiger partial charge in [-0.15, -0.1) is 0 Å². The number of furan rings is 1. The predicted molar refractivity (Wildman–Crippen MR) is 86.3 cm³/mol. The van der Waals surface area contributed by atoms with Crippen molar-refractivity contribution < 1.29 is 18.8 Å². The maximum atomic E-state index is 12.2. The zero-order chi connectivity index (χ0) is 17.1. The fraction of sp³-hybridized carbons (Fsp3) is 0.278. The van der Waals surface area contributed by atoms with Crippen LogP contribution < -0.4 is 5.32 Å². The molecule has 0 saturated carbocycles. The van der Waals surface area contributed by atoms with Gasteiger partial charge in [0.25, 0.3) is 11.8 Å². The van der Waals surface area contributed by atoms with Gasteiger partial charge >= 0.3 is 0 Å². The van der Waals surface area contributed by atoms with E-state index in [1.807, 2.05) is 6.92 Å². The lowest BCUT2D eigenvalue weighted by Crippen LogP contribution is -2.32. The standard InChI is InChI=1S/C18H18N2O4/c1-12(15-8-5-11-24-15)19-16(21)9-4-10-20-17(22)13-6-2-3-7-14(13)18(20)23/h2-3,5-8,11-12H,4,9-10H2,1H3,(H,19,21)/t12-/m1/s1. The van der Waals surface area contributed by atoms with Crippen molar-refractivity contribution in [2.75, 3.05) is 6.54 Å². The topological polar surface area (TPSA) is 79.6 Å². The van der Waals surface area contributed by atoms with Crippen LogP contribution in [0.5, 0.6) is 0 Å². The summed E-state index contributed by atoms with van der Waals surface area (Å²) in [5.74, 6) is -0.0425. The second-order valence-corrected chi connectivity index (χ2v) is 5.72. The van der Waals surface area contributed by atoms with Crippen LogP contribution in [0.15, 0.2) is 47.1 Å². The van der Waals surface area contributed by atoms with Crippen molar-refractivity contribution in [3.05, 3.63) is 59.5 Å². The van der Waals surface area contributed by atoms with Crippen LogP contribution in [0.4, 0.5) is 0 Å². The Balaban J connectivity index is 1.50. The van der Waals surface area contributed by atoms with E-state index in [9.17, 15) is 14.4 Å². The Labute approximate surface area is 139 Å². The molecular formula is C18H18N2O4. The van der Waals surface area contributed by atoms with Crippen molar-refractivity contribution in [1.82, 2.24) is 10.2 Å². The molecule has 0 saturated heterocycles. The molecule has 6 heteroatoms. The van der Waals surface area contributed by atoms with E-state index in [0.717, 1.165) is 0 Å².